The lowest BCUT2D eigenvalue weighted by Crippen LogP contribution is -2.31. The molecule has 0 fully saturated rings. The number of nitrogens with one attached hydrogen (secondary N) is 1. The highest BCUT2D eigenvalue weighted by Crippen LogP contribution is 2.49. The number of hydrogen-bond acceptors (Lipinski definition) is 2. The zero-order chi connectivity index (χ0) is 35.8. The molecular formula is C49H39NO2. The summed E-state index contributed by atoms with van der Waals surface area (Å²) >= 11 is 0. The van der Waals surface area contributed by atoms with Gasteiger partial charge in [-0.2, -0.15) is 0 Å². The highest BCUT2D eigenvalue weighted by Gasteiger charge is 2.38. The molecule has 0 saturated heterocycles. The number of amides is 1. The molecule has 1 aliphatic heterocycles. The van der Waals surface area contributed by atoms with Crippen LogP contribution in [0.4, 0.5) is 0 Å². The molecule has 0 bridgehead atoms. The van der Waals surface area contributed by atoms with Crippen molar-refractivity contribution in [1.82, 2.24) is 5.32 Å². The highest BCUT2D eigenvalue weighted by atomic mass is 16.2. The van der Waals surface area contributed by atoms with Crippen LogP contribution in [0.5, 0.6) is 0 Å². The lowest BCUT2D eigenvalue weighted by molar-refractivity contribution is -0.120. The van der Waals surface area contributed by atoms with Crippen molar-refractivity contribution in [2.75, 3.05) is 0 Å². The Morgan fingerprint density at radius 3 is 1.73 bits per heavy atom. The number of rotatable bonds is 6. The molecule has 1 N–H and O–H groups in total. The summed E-state index contributed by atoms with van der Waals surface area (Å²) in [5, 5.41) is 7.42. The Balaban J connectivity index is 1.49. The first-order valence-corrected chi connectivity index (χ1v) is 17.8. The average molecular weight is 674 g/mol. The molecular weight excluding hydrogens is 635 g/mol. The predicted molar refractivity (Wildman–Crippen MR) is 214 cm³/mol. The van der Waals surface area contributed by atoms with Gasteiger partial charge in [0.1, 0.15) is 0 Å². The first-order valence-electron chi connectivity index (χ1n) is 17.8. The predicted octanol–water partition coefficient (Wildman–Crippen LogP) is 11.3. The zero-order valence-corrected chi connectivity index (χ0v) is 29.6. The summed E-state index contributed by atoms with van der Waals surface area (Å²) in [6.45, 7) is 6.20. The molecule has 0 saturated carbocycles. The van der Waals surface area contributed by atoms with Gasteiger partial charge >= 0.3 is 0 Å². The molecule has 0 aliphatic carbocycles. The minimum Gasteiger partial charge on any atom is -0.331 e. The van der Waals surface area contributed by atoms with E-state index >= 15 is 4.79 Å². The minimum atomic E-state index is -0.661. The van der Waals surface area contributed by atoms with Gasteiger partial charge in [0.2, 0.25) is 5.91 Å². The van der Waals surface area contributed by atoms with Crippen molar-refractivity contribution in [3.05, 3.63) is 214 Å². The summed E-state index contributed by atoms with van der Waals surface area (Å²) in [6, 6.07) is 53.9. The second-order valence-electron chi connectivity index (χ2n) is 13.9. The fourth-order valence-corrected chi connectivity index (χ4v) is 7.61. The number of Topliss-reactive ketones (excluding diaryl/α,β-unsaturated/α-hetero) is 1. The van der Waals surface area contributed by atoms with Gasteiger partial charge in [0.05, 0.1) is 5.92 Å². The lowest BCUT2D eigenvalue weighted by Gasteiger charge is -2.33. The first-order chi connectivity index (χ1) is 25.3. The van der Waals surface area contributed by atoms with E-state index in [1.807, 2.05) is 60.7 Å². The van der Waals surface area contributed by atoms with Crippen molar-refractivity contribution in [1.29, 1.82) is 0 Å². The fraction of sp³-hybridized carbons (Fsp3) is 0.102. The molecule has 252 valence electrons. The van der Waals surface area contributed by atoms with Crippen LogP contribution in [0.2, 0.25) is 0 Å². The maximum absolute atomic E-state index is 15.1. The van der Waals surface area contributed by atoms with E-state index in [-0.39, 0.29) is 11.7 Å². The summed E-state index contributed by atoms with van der Waals surface area (Å²) in [4.78, 5) is 29.9. The average Bonchev–Trinajstić information content (AvgIpc) is 3.16. The first kappa shape index (κ1) is 32.9. The van der Waals surface area contributed by atoms with Crippen LogP contribution in [-0.4, -0.2) is 11.7 Å². The largest absolute Gasteiger partial charge is 0.331 e. The summed E-state index contributed by atoms with van der Waals surface area (Å²) in [5.74, 6) is -1.51. The quantitative estimate of drug-likeness (QED) is 0.179. The Bertz CT molecular complexity index is 2550. The Morgan fingerprint density at radius 2 is 1.06 bits per heavy atom. The second kappa shape index (κ2) is 13.8. The smallest absolute Gasteiger partial charge is 0.235 e. The van der Waals surface area contributed by atoms with Crippen molar-refractivity contribution in [3.8, 4) is 0 Å². The Labute approximate surface area is 305 Å². The third kappa shape index (κ3) is 6.27. The van der Waals surface area contributed by atoms with Crippen LogP contribution in [-0.2, 0) is 4.79 Å². The van der Waals surface area contributed by atoms with E-state index < -0.39 is 11.8 Å². The van der Waals surface area contributed by atoms with Gasteiger partial charge in [-0.15, -0.1) is 0 Å². The van der Waals surface area contributed by atoms with Crippen LogP contribution in [0.3, 0.4) is 0 Å². The van der Waals surface area contributed by atoms with Crippen molar-refractivity contribution in [3.63, 3.8) is 0 Å². The number of fused-ring (bicyclic) bond motifs is 2. The van der Waals surface area contributed by atoms with E-state index in [0.717, 1.165) is 71.6 Å². The summed E-state index contributed by atoms with van der Waals surface area (Å²) in [5.41, 5.74) is 9.97. The fourth-order valence-electron chi connectivity index (χ4n) is 7.61. The second-order valence-corrected chi connectivity index (χ2v) is 13.9. The molecule has 2 unspecified atom stereocenters. The number of ketones is 1. The molecule has 52 heavy (non-hydrogen) atoms. The van der Waals surface area contributed by atoms with Crippen LogP contribution in [0, 0.1) is 20.8 Å². The molecule has 8 rings (SSSR count). The van der Waals surface area contributed by atoms with E-state index in [9.17, 15) is 4.79 Å². The number of allylic oxidation sites excluding steroid dienone is 2. The van der Waals surface area contributed by atoms with Gasteiger partial charge in [-0.3, -0.25) is 9.59 Å². The van der Waals surface area contributed by atoms with Crippen LogP contribution in [0.15, 0.2) is 169 Å². The topological polar surface area (TPSA) is 46.2 Å². The maximum atomic E-state index is 15.1. The monoisotopic (exact) mass is 673 g/mol. The zero-order valence-electron chi connectivity index (χ0n) is 29.6. The normalized spacial score (nSPS) is 16.3. The minimum absolute atomic E-state index is 0.132. The molecule has 1 aliphatic rings. The van der Waals surface area contributed by atoms with Gasteiger partial charge in [0.15, 0.2) is 5.78 Å². The van der Waals surface area contributed by atoms with Crippen molar-refractivity contribution >= 4 is 44.4 Å². The van der Waals surface area contributed by atoms with E-state index in [1.165, 1.54) is 0 Å². The van der Waals surface area contributed by atoms with Crippen molar-refractivity contribution < 1.29 is 9.59 Å². The van der Waals surface area contributed by atoms with Crippen molar-refractivity contribution in [2.45, 2.75) is 32.6 Å². The lowest BCUT2D eigenvalue weighted by atomic mass is 9.71. The van der Waals surface area contributed by atoms with Gasteiger partial charge in [-0.1, -0.05) is 162 Å². The van der Waals surface area contributed by atoms with Crippen LogP contribution in [0.1, 0.15) is 61.1 Å². The number of hydrogen-bond donors (Lipinski definition) is 1. The van der Waals surface area contributed by atoms with Crippen LogP contribution < -0.4 is 5.32 Å². The molecule has 1 heterocycles. The number of benzene rings is 7. The Hall–Kier alpha value is -6.32. The molecule has 7 aromatic carbocycles. The van der Waals surface area contributed by atoms with Crippen molar-refractivity contribution in [2.24, 2.45) is 0 Å². The number of carbonyl (C=O) groups is 2. The van der Waals surface area contributed by atoms with E-state index in [0.29, 0.717) is 11.1 Å². The summed E-state index contributed by atoms with van der Waals surface area (Å²) in [7, 11) is 0. The third-order valence-corrected chi connectivity index (χ3v) is 10.3. The van der Waals surface area contributed by atoms with Crippen LogP contribution in [0.25, 0.3) is 32.7 Å². The number of aryl methyl sites for hydroxylation is 3. The highest BCUT2D eigenvalue weighted by molar-refractivity contribution is 6.17. The molecule has 1 amide bonds. The van der Waals surface area contributed by atoms with Gasteiger partial charge in [-0.05, 0) is 87.8 Å². The Morgan fingerprint density at radius 1 is 0.481 bits per heavy atom. The molecule has 0 spiro atoms. The molecule has 0 aromatic heterocycles. The number of carbonyl (C=O) groups excluding carboxylic acids is 2. The molecule has 7 aromatic rings. The molecule has 3 nitrogen and oxygen atoms in total. The SMILES string of the molecule is Cc1ccc(C2=C(c3ccc4ccccc4c3)C(c3ccc(C)cc3)C(C(=O)c3ccc4ccccc4c3)=CNC(=O)C2c2cccc(C)c2)cc1. The van der Waals surface area contributed by atoms with Gasteiger partial charge < -0.3 is 5.32 Å². The van der Waals surface area contributed by atoms with Gasteiger partial charge in [-0.25, -0.2) is 0 Å². The molecule has 0 radical (unpaired) electrons. The van der Waals surface area contributed by atoms with E-state index in [2.05, 4.69) is 123 Å². The summed E-state index contributed by atoms with van der Waals surface area (Å²) in [6.07, 6.45) is 1.68. The van der Waals surface area contributed by atoms with Gasteiger partial charge in [0.25, 0.3) is 0 Å². The summed E-state index contributed by atoms with van der Waals surface area (Å²) < 4.78 is 0. The maximum Gasteiger partial charge on any atom is 0.235 e. The Kier molecular flexibility index (Phi) is 8.70. The van der Waals surface area contributed by atoms with E-state index in [1.54, 1.807) is 6.20 Å². The molecule has 2 atom stereocenters. The van der Waals surface area contributed by atoms with Crippen LogP contribution >= 0.6 is 0 Å². The van der Waals surface area contributed by atoms with Gasteiger partial charge in [0, 0.05) is 23.3 Å². The third-order valence-electron chi connectivity index (χ3n) is 10.3. The standard InChI is InChI=1S/C49H39NO2/c1-31-15-19-36(20-16-31)44-43(48(51)42-26-24-35-11-5-7-13-39(35)29-42)30-50-49(52)47(40-14-8-9-33(3)27-40)45(37-21-17-32(2)18-22-37)46(44)41-25-23-34-10-4-6-12-38(34)28-41/h4-30,44,47H,1-3H3,(H,50,52). The molecule has 3 heteroatoms. The van der Waals surface area contributed by atoms with E-state index in [4.69, 9.17) is 0 Å².